The van der Waals surface area contributed by atoms with E-state index in [0.29, 0.717) is 29.2 Å². The van der Waals surface area contributed by atoms with Crippen LogP contribution in [0.2, 0.25) is 0 Å². The number of aliphatic hydroxyl groups excluding tert-OH is 1. The number of fused-ring (bicyclic) bond motifs is 3. The molecule has 3 aliphatic rings. The van der Waals surface area contributed by atoms with Crippen LogP contribution in [0.15, 0.2) is 11.6 Å². The molecule has 3 N–H and O–H groups in total. The lowest BCUT2D eigenvalue weighted by Gasteiger charge is -2.60. The van der Waals surface area contributed by atoms with Crippen LogP contribution in [0.4, 0.5) is 0 Å². The molecule has 2 fully saturated rings. The lowest BCUT2D eigenvalue weighted by Crippen LogP contribution is -2.53. The van der Waals surface area contributed by atoms with Gasteiger partial charge in [-0.1, -0.05) is 38.8 Å². The highest BCUT2D eigenvalue weighted by atomic mass is 16.3. The first-order valence-corrected chi connectivity index (χ1v) is 8.96. The second kappa shape index (κ2) is 5.38. The lowest BCUT2D eigenvalue weighted by molar-refractivity contribution is -0.115. The van der Waals surface area contributed by atoms with E-state index >= 15 is 0 Å². The summed E-state index contributed by atoms with van der Waals surface area (Å²) < 4.78 is 0. The largest absolute Gasteiger partial charge is 0.389 e. The molecule has 0 saturated heterocycles. The fraction of sp³-hybridized carbons (Fsp3) is 0.895. The number of hydrogen-bond donors (Lipinski definition) is 2. The number of aliphatic hydroxyl groups is 1. The summed E-state index contributed by atoms with van der Waals surface area (Å²) in [5.41, 5.74) is 8.02. The highest BCUT2D eigenvalue weighted by molar-refractivity contribution is 5.15. The van der Waals surface area contributed by atoms with Gasteiger partial charge in [-0.05, 0) is 67.1 Å². The van der Waals surface area contributed by atoms with E-state index in [-0.39, 0.29) is 6.10 Å². The molecule has 0 aromatic rings. The maximum Gasteiger partial charge on any atom is 0.0755 e. The number of hydrogen-bond acceptors (Lipinski definition) is 2. The third kappa shape index (κ3) is 2.49. The van der Waals surface area contributed by atoms with Crippen LogP contribution < -0.4 is 5.73 Å². The van der Waals surface area contributed by atoms with E-state index in [2.05, 4.69) is 26.8 Å². The summed E-state index contributed by atoms with van der Waals surface area (Å²) in [6.07, 6.45) is 10.7. The van der Waals surface area contributed by atoms with E-state index in [1.807, 2.05) is 0 Å². The van der Waals surface area contributed by atoms with Crippen molar-refractivity contribution < 1.29 is 5.11 Å². The molecule has 0 heterocycles. The summed E-state index contributed by atoms with van der Waals surface area (Å²) in [5.74, 6) is 1.96. The van der Waals surface area contributed by atoms with Crippen molar-refractivity contribution in [2.24, 2.45) is 34.3 Å². The molecule has 3 aliphatic carbocycles. The van der Waals surface area contributed by atoms with Crippen LogP contribution in [0.3, 0.4) is 0 Å². The SMILES string of the molecule is CC1(C)CCCC2(C)C3CCC(CN)=CC(O)C3CCC12. The van der Waals surface area contributed by atoms with Crippen LogP contribution >= 0.6 is 0 Å². The first-order chi connectivity index (χ1) is 9.88. The fourth-order valence-electron chi connectivity index (χ4n) is 6.29. The van der Waals surface area contributed by atoms with Gasteiger partial charge in [-0.2, -0.15) is 0 Å². The fourth-order valence-corrected chi connectivity index (χ4v) is 6.29. The van der Waals surface area contributed by atoms with Gasteiger partial charge in [-0.3, -0.25) is 0 Å². The molecule has 5 atom stereocenters. The molecule has 3 rings (SSSR count). The molecular weight excluding hydrogens is 258 g/mol. The van der Waals surface area contributed by atoms with Gasteiger partial charge in [0, 0.05) is 6.54 Å². The van der Waals surface area contributed by atoms with Crippen molar-refractivity contribution in [1.82, 2.24) is 0 Å². The molecule has 0 amide bonds. The van der Waals surface area contributed by atoms with Gasteiger partial charge in [-0.15, -0.1) is 0 Å². The second-order valence-electron chi connectivity index (χ2n) is 8.81. The minimum Gasteiger partial charge on any atom is -0.389 e. The third-order valence-corrected chi connectivity index (χ3v) is 7.31. The van der Waals surface area contributed by atoms with E-state index in [4.69, 9.17) is 5.73 Å². The molecule has 2 heteroatoms. The smallest absolute Gasteiger partial charge is 0.0755 e. The van der Waals surface area contributed by atoms with E-state index < -0.39 is 0 Å². The highest BCUT2D eigenvalue weighted by Gasteiger charge is 2.55. The summed E-state index contributed by atoms with van der Waals surface area (Å²) in [6.45, 7) is 8.11. The van der Waals surface area contributed by atoms with Crippen LogP contribution in [-0.4, -0.2) is 17.8 Å². The molecule has 0 aliphatic heterocycles. The Hall–Kier alpha value is -0.340. The highest BCUT2D eigenvalue weighted by Crippen LogP contribution is 2.63. The summed E-state index contributed by atoms with van der Waals surface area (Å²) in [5, 5.41) is 10.7. The van der Waals surface area contributed by atoms with Crippen molar-refractivity contribution in [2.75, 3.05) is 6.54 Å². The maximum absolute atomic E-state index is 10.7. The Morgan fingerprint density at radius 1 is 1.19 bits per heavy atom. The lowest BCUT2D eigenvalue weighted by atomic mass is 9.45. The van der Waals surface area contributed by atoms with Crippen LogP contribution in [0.25, 0.3) is 0 Å². The van der Waals surface area contributed by atoms with Crippen molar-refractivity contribution >= 4 is 0 Å². The molecule has 2 nitrogen and oxygen atoms in total. The molecule has 2 saturated carbocycles. The van der Waals surface area contributed by atoms with Crippen molar-refractivity contribution in [3.8, 4) is 0 Å². The van der Waals surface area contributed by atoms with Gasteiger partial charge in [0.25, 0.3) is 0 Å². The quantitative estimate of drug-likeness (QED) is 0.720. The van der Waals surface area contributed by atoms with Crippen molar-refractivity contribution in [3.05, 3.63) is 11.6 Å². The van der Waals surface area contributed by atoms with Crippen molar-refractivity contribution in [1.29, 1.82) is 0 Å². The maximum atomic E-state index is 10.7. The zero-order valence-electron chi connectivity index (χ0n) is 14.1. The summed E-state index contributed by atoms with van der Waals surface area (Å²) in [7, 11) is 0. The van der Waals surface area contributed by atoms with Gasteiger partial charge >= 0.3 is 0 Å². The average molecular weight is 291 g/mol. The first-order valence-electron chi connectivity index (χ1n) is 8.96. The van der Waals surface area contributed by atoms with Crippen molar-refractivity contribution in [3.63, 3.8) is 0 Å². The zero-order chi connectivity index (χ0) is 15.3. The molecule has 120 valence electrons. The summed E-state index contributed by atoms with van der Waals surface area (Å²) in [6, 6.07) is 0. The normalized spacial score (nSPS) is 46.0. The Kier molecular flexibility index (Phi) is 3.99. The molecule has 21 heavy (non-hydrogen) atoms. The Bertz CT molecular complexity index is 427. The minimum atomic E-state index is -0.265. The number of nitrogens with two attached hydrogens (primary N) is 1. The van der Waals surface area contributed by atoms with Crippen LogP contribution in [0, 0.1) is 28.6 Å². The predicted molar refractivity (Wildman–Crippen MR) is 87.8 cm³/mol. The molecule has 0 spiro atoms. The Labute approximate surface area is 130 Å². The molecule has 0 aromatic heterocycles. The average Bonchev–Trinajstić information content (AvgIpc) is 2.58. The zero-order valence-corrected chi connectivity index (χ0v) is 14.1. The standard InChI is InChI=1S/C19H33NO/c1-18(2)9-4-10-19(3)15-7-5-13(12-20)11-16(21)14(15)6-8-17(18)19/h11,14-17,21H,4-10,12,20H2,1-3H3. The van der Waals surface area contributed by atoms with Gasteiger partial charge in [0.05, 0.1) is 6.10 Å². The van der Waals surface area contributed by atoms with Gasteiger partial charge in [-0.25, -0.2) is 0 Å². The van der Waals surface area contributed by atoms with Gasteiger partial charge in [0.15, 0.2) is 0 Å². The third-order valence-electron chi connectivity index (χ3n) is 7.31. The molecular formula is C19H33NO. The predicted octanol–water partition coefficient (Wildman–Crippen LogP) is 3.89. The first kappa shape index (κ1) is 15.6. The van der Waals surface area contributed by atoms with E-state index in [0.717, 1.165) is 12.3 Å². The molecule has 0 radical (unpaired) electrons. The Morgan fingerprint density at radius 3 is 2.67 bits per heavy atom. The Morgan fingerprint density at radius 2 is 1.95 bits per heavy atom. The Balaban J connectivity index is 1.91. The van der Waals surface area contributed by atoms with Gasteiger partial charge in [0.1, 0.15) is 0 Å². The van der Waals surface area contributed by atoms with E-state index in [9.17, 15) is 5.11 Å². The van der Waals surface area contributed by atoms with E-state index in [1.54, 1.807) is 0 Å². The monoisotopic (exact) mass is 291 g/mol. The number of rotatable bonds is 1. The molecule has 0 bridgehead atoms. The summed E-state index contributed by atoms with van der Waals surface area (Å²) in [4.78, 5) is 0. The molecule has 5 unspecified atom stereocenters. The van der Waals surface area contributed by atoms with Gasteiger partial charge < -0.3 is 10.8 Å². The van der Waals surface area contributed by atoms with Crippen LogP contribution in [0.5, 0.6) is 0 Å². The topological polar surface area (TPSA) is 46.2 Å². The van der Waals surface area contributed by atoms with Crippen molar-refractivity contribution in [2.45, 2.75) is 71.8 Å². The van der Waals surface area contributed by atoms with Gasteiger partial charge in [0.2, 0.25) is 0 Å². The summed E-state index contributed by atoms with van der Waals surface area (Å²) >= 11 is 0. The van der Waals surface area contributed by atoms with Crippen LogP contribution in [-0.2, 0) is 0 Å². The minimum absolute atomic E-state index is 0.265. The van der Waals surface area contributed by atoms with Crippen LogP contribution in [0.1, 0.15) is 65.7 Å². The van der Waals surface area contributed by atoms with E-state index in [1.165, 1.54) is 44.1 Å². The second-order valence-corrected chi connectivity index (χ2v) is 8.81. The molecule has 0 aromatic carbocycles.